The summed E-state index contributed by atoms with van der Waals surface area (Å²) in [4.78, 5) is 40.5. The van der Waals surface area contributed by atoms with Crippen LogP contribution in [-0.4, -0.2) is 35.9 Å². The smallest absolute Gasteiger partial charge is 0.341 e. The molecule has 3 aromatic rings. The van der Waals surface area contributed by atoms with E-state index in [4.69, 9.17) is 9.47 Å². The van der Waals surface area contributed by atoms with Crippen molar-refractivity contribution < 1.29 is 23.9 Å². The molecule has 0 radical (unpaired) electrons. The lowest BCUT2D eigenvalue weighted by Crippen LogP contribution is -2.21. The first-order valence-electron chi connectivity index (χ1n) is 9.49. The molecular weight excluding hydrogens is 382 g/mol. The summed E-state index contributed by atoms with van der Waals surface area (Å²) in [6, 6.07) is 17.2. The van der Waals surface area contributed by atoms with E-state index in [1.807, 2.05) is 42.5 Å². The van der Waals surface area contributed by atoms with Crippen LogP contribution in [0.1, 0.15) is 19.4 Å². The first-order chi connectivity index (χ1) is 14.5. The number of carbonyl (C=O) groups is 3. The number of ether oxygens (including phenoxy) is 2. The van der Waals surface area contributed by atoms with Gasteiger partial charge in [0.05, 0.1) is 12.1 Å². The van der Waals surface area contributed by atoms with Gasteiger partial charge < -0.3 is 9.47 Å². The normalized spacial score (nSPS) is 11.2. The van der Waals surface area contributed by atoms with Gasteiger partial charge in [-0.15, -0.1) is 0 Å². The van der Waals surface area contributed by atoms with Gasteiger partial charge in [0.2, 0.25) is 5.78 Å². The van der Waals surface area contributed by atoms with Gasteiger partial charge in [0, 0.05) is 24.1 Å². The molecule has 1 aromatic heterocycles. The van der Waals surface area contributed by atoms with Crippen LogP contribution >= 0.6 is 0 Å². The topological polar surface area (TPSA) is 82.6 Å². The van der Waals surface area contributed by atoms with E-state index in [0.717, 1.165) is 22.0 Å². The van der Waals surface area contributed by atoms with Crippen LogP contribution in [0.25, 0.3) is 28.1 Å². The molecule has 2 aromatic carbocycles. The summed E-state index contributed by atoms with van der Waals surface area (Å²) in [6.07, 6.45) is 3.24. The molecule has 0 aliphatic rings. The maximum Gasteiger partial charge on any atom is 0.341 e. The number of benzene rings is 2. The average molecular weight is 403 g/mol. The van der Waals surface area contributed by atoms with E-state index >= 15 is 0 Å². The van der Waals surface area contributed by atoms with Crippen LogP contribution in [0.15, 0.2) is 66.4 Å². The Morgan fingerprint density at radius 3 is 2.43 bits per heavy atom. The van der Waals surface area contributed by atoms with E-state index in [1.165, 1.54) is 13.0 Å². The van der Waals surface area contributed by atoms with Crippen LogP contribution in [0, 0.1) is 0 Å². The van der Waals surface area contributed by atoms with E-state index < -0.39 is 24.3 Å². The summed E-state index contributed by atoms with van der Waals surface area (Å²) in [7, 11) is 0. The van der Waals surface area contributed by atoms with E-state index in [2.05, 4.69) is 4.98 Å². The molecule has 0 saturated heterocycles. The Bertz CT molecular complexity index is 1120. The number of aromatic nitrogens is 1. The zero-order valence-electron chi connectivity index (χ0n) is 16.8. The number of pyridine rings is 1. The number of carbonyl (C=O) groups excluding carboxylic acids is 3. The van der Waals surface area contributed by atoms with Crippen molar-refractivity contribution in [3.63, 3.8) is 0 Å². The van der Waals surface area contributed by atoms with Crippen molar-refractivity contribution in [1.29, 1.82) is 0 Å². The molecule has 0 atom stereocenters. The number of ketones is 1. The number of nitrogens with zero attached hydrogens (tertiary/aromatic N) is 1. The highest BCUT2D eigenvalue weighted by Crippen LogP contribution is 2.26. The van der Waals surface area contributed by atoms with Crippen LogP contribution in [0.3, 0.4) is 0 Å². The maximum atomic E-state index is 12.5. The van der Waals surface area contributed by atoms with Crippen molar-refractivity contribution in [2.75, 3.05) is 13.2 Å². The Morgan fingerprint density at radius 2 is 1.73 bits per heavy atom. The van der Waals surface area contributed by atoms with E-state index in [1.54, 1.807) is 25.3 Å². The standard InChI is InChI=1S/C24H21NO5/c1-3-29-24(28)21(23(27)15-30-16(2)26)12-18-10-7-11-22-20(18)13-19(14-25-22)17-8-5-4-6-9-17/h4-14H,3,15H2,1-2H3. The SMILES string of the molecule is CCOC(=O)C(=Cc1cccc2ncc(-c3ccccc3)cc12)C(=O)COC(C)=O. The van der Waals surface area contributed by atoms with Gasteiger partial charge in [-0.1, -0.05) is 42.5 Å². The van der Waals surface area contributed by atoms with Crippen molar-refractivity contribution in [3.8, 4) is 11.1 Å². The predicted molar refractivity (Wildman–Crippen MR) is 113 cm³/mol. The summed E-state index contributed by atoms with van der Waals surface area (Å²) in [6.45, 7) is 2.44. The molecule has 0 fully saturated rings. The van der Waals surface area contributed by atoms with Gasteiger partial charge in [0.1, 0.15) is 5.57 Å². The third-order valence-electron chi connectivity index (χ3n) is 4.37. The second-order valence-corrected chi connectivity index (χ2v) is 6.49. The van der Waals surface area contributed by atoms with Crippen molar-refractivity contribution in [2.45, 2.75) is 13.8 Å². The van der Waals surface area contributed by atoms with Gasteiger partial charge in [0.25, 0.3) is 0 Å². The van der Waals surface area contributed by atoms with Crippen molar-refractivity contribution >= 4 is 34.7 Å². The van der Waals surface area contributed by atoms with Crippen LogP contribution < -0.4 is 0 Å². The second-order valence-electron chi connectivity index (χ2n) is 6.49. The first kappa shape index (κ1) is 20.9. The summed E-state index contributed by atoms with van der Waals surface area (Å²) >= 11 is 0. The lowest BCUT2D eigenvalue weighted by molar-refractivity contribution is -0.147. The predicted octanol–water partition coefficient (Wildman–Crippen LogP) is 3.98. The summed E-state index contributed by atoms with van der Waals surface area (Å²) < 4.78 is 9.79. The highest BCUT2D eigenvalue weighted by Gasteiger charge is 2.21. The Hall–Kier alpha value is -3.80. The minimum atomic E-state index is -0.765. The lowest BCUT2D eigenvalue weighted by Gasteiger charge is -2.09. The monoisotopic (exact) mass is 403 g/mol. The maximum absolute atomic E-state index is 12.5. The van der Waals surface area contributed by atoms with E-state index in [9.17, 15) is 14.4 Å². The highest BCUT2D eigenvalue weighted by atomic mass is 16.5. The van der Waals surface area contributed by atoms with Gasteiger partial charge in [-0.05, 0) is 36.3 Å². The molecule has 3 rings (SSSR count). The molecular formula is C24H21NO5. The number of hydrogen-bond donors (Lipinski definition) is 0. The fourth-order valence-electron chi connectivity index (χ4n) is 2.95. The van der Waals surface area contributed by atoms with Crippen molar-refractivity contribution in [3.05, 3.63) is 71.9 Å². The third kappa shape index (κ3) is 4.97. The van der Waals surface area contributed by atoms with Gasteiger partial charge in [-0.3, -0.25) is 14.6 Å². The Balaban J connectivity index is 2.08. The number of hydrogen-bond acceptors (Lipinski definition) is 6. The fourth-order valence-corrected chi connectivity index (χ4v) is 2.95. The number of Topliss-reactive ketones (excluding diaryl/α,β-unsaturated/α-hetero) is 1. The average Bonchev–Trinajstić information content (AvgIpc) is 2.76. The molecule has 0 aliphatic heterocycles. The Morgan fingerprint density at radius 1 is 0.967 bits per heavy atom. The van der Waals surface area contributed by atoms with Gasteiger partial charge in [0.15, 0.2) is 6.61 Å². The lowest BCUT2D eigenvalue weighted by atomic mass is 10.00. The molecule has 1 heterocycles. The quantitative estimate of drug-likeness (QED) is 0.257. The second kappa shape index (κ2) is 9.60. The molecule has 0 aliphatic carbocycles. The minimum absolute atomic E-state index is 0.117. The molecule has 6 heteroatoms. The zero-order chi connectivity index (χ0) is 21.5. The Labute approximate surface area is 174 Å². The van der Waals surface area contributed by atoms with Gasteiger partial charge in [-0.2, -0.15) is 0 Å². The van der Waals surface area contributed by atoms with Crippen LogP contribution in [0.2, 0.25) is 0 Å². The Kier molecular flexibility index (Phi) is 6.70. The summed E-state index contributed by atoms with van der Waals surface area (Å²) in [5.74, 6) is -2.00. The molecule has 30 heavy (non-hydrogen) atoms. The molecule has 6 nitrogen and oxygen atoms in total. The molecule has 152 valence electrons. The molecule has 0 N–H and O–H groups in total. The minimum Gasteiger partial charge on any atom is -0.462 e. The van der Waals surface area contributed by atoms with Crippen LogP contribution in [-0.2, 0) is 23.9 Å². The van der Waals surface area contributed by atoms with Crippen LogP contribution in [0.5, 0.6) is 0 Å². The number of esters is 2. The molecule has 0 spiro atoms. The molecule has 0 amide bonds. The molecule has 0 saturated carbocycles. The number of fused-ring (bicyclic) bond motifs is 1. The van der Waals surface area contributed by atoms with Gasteiger partial charge in [-0.25, -0.2) is 4.79 Å². The fraction of sp³-hybridized carbons (Fsp3) is 0.167. The molecule has 0 bridgehead atoms. The zero-order valence-corrected chi connectivity index (χ0v) is 16.8. The van der Waals surface area contributed by atoms with E-state index in [0.29, 0.717) is 5.56 Å². The van der Waals surface area contributed by atoms with Gasteiger partial charge >= 0.3 is 11.9 Å². The van der Waals surface area contributed by atoms with E-state index in [-0.39, 0.29) is 12.2 Å². The van der Waals surface area contributed by atoms with Crippen LogP contribution in [0.4, 0.5) is 0 Å². The first-order valence-corrected chi connectivity index (χ1v) is 9.49. The largest absolute Gasteiger partial charge is 0.462 e. The molecule has 0 unspecified atom stereocenters. The number of rotatable bonds is 7. The highest BCUT2D eigenvalue weighted by molar-refractivity contribution is 6.22. The summed E-state index contributed by atoms with van der Waals surface area (Å²) in [5.41, 5.74) is 3.09. The third-order valence-corrected chi connectivity index (χ3v) is 4.37. The van der Waals surface area contributed by atoms with Crippen molar-refractivity contribution in [1.82, 2.24) is 4.98 Å². The van der Waals surface area contributed by atoms with Crippen molar-refractivity contribution in [2.24, 2.45) is 0 Å². The summed E-state index contributed by atoms with van der Waals surface area (Å²) in [5, 5.41) is 0.779.